The first kappa shape index (κ1) is 23.2. The summed E-state index contributed by atoms with van der Waals surface area (Å²) in [6.45, 7) is 1.82. The van der Waals surface area contributed by atoms with E-state index in [4.69, 9.17) is 14.5 Å². The van der Waals surface area contributed by atoms with Crippen LogP contribution in [0.4, 0.5) is 5.69 Å². The third kappa shape index (κ3) is 4.93. The molecule has 0 saturated heterocycles. The first-order chi connectivity index (χ1) is 17.5. The number of benzene rings is 3. The molecule has 8 nitrogen and oxygen atoms in total. The van der Waals surface area contributed by atoms with Crippen molar-refractivity contribution in [1.29, 1.82) is 0 Å². The van der Waals surface area contributed by atoms with Gasteiger partial charge in [-0.25, -0.2) is 4.99 Å². The largest absolute Gasteiger partial charge is 0.454 e. The van der Waals surface area contributed by atoms with Crippen molar-refractivity contribution in [3.63, 3.8) is 0 Å². The van der Waals surface area contributed by atoms with E-state index in [1.165, 1.54) is 0 Å². The van der Waals surface area contributed by atoms with Gasteiger partial charge in [0.05, 0.1) is 12.1 Å². The molecule has 0 saturated carbocycles. The van der Waals surface area contributed by atoms with E-state index in [1.54, 1.807) is 25.3 Å². The van der Waals surface area contributed by atoms with Crippen LogP contribution >= 0.6 is 0 Å². The smallest absolute Gasteiger partial charge is 0.247 e. The van der Waals surface area contributed by atoms with Crippen molar-refractivity contribution in [3.05, 3.63) is 102 Å². The lowest BCUT2D eigenvalue weighted by molar-refractivity contribution is -0.127. The van der Waals surface area contributed by atoms with Crippen molar-refractivity contribution in [2.24, 2.45) is 4.99 Å². The van der Waals surface area contributed by atoms with Gasteiger partial charge in [0.15, 0.2) is 11.5 Å². The Balaban J connectivity index is 1.30. The monoisotopic (exact) mass is 482 g/mol. The van der Waals surface area contributed by atoms with Gasteiger partial charge in [0.1, 0.15) is 11.9 Å². The minimum Gasteiger partial charge on any atom is -0.454 e. The predicted molar refractivity (Wildman–Crippen MR) is 137 cm³/mol. The fraction of sp³-hybridized carbons (Fsp3) is 0.179. The van der Waals surface area contributed by atoms with E-state index >= 15 is 0 Å². The Labute approximate surface area is 209 Å². The molecule has 182 valence electrons. The van der Waals surface area contributed by atoms with E-state index in [0.29, 0.717) is 17.3 Å². The maximum atomic E-state index is 13.0. The number of hydrogen-bond donors (Lipinski definition) is 2. The van der Waals surface area contributed by atoms with Gasteiger partial charge in [-0.05, 0) is 30.7 Å². The third-order valence-corrected chi connectivity index (χ3v) is 5.96. The average Bonchev–Trinajstić information content (AvgIpc) is 3.30. The molecule has 0 radical (unpaired) electrons. The zero-order valence-corrected chi connectivity index (χ0v) is 20.0. The van der Waals surface area contributed by atoms with Crippen LogP contribution in [0.2, 0.25) is 0 Å². The Kier molecular flexibility index (Phi) is 6.40. The molecule has 2 aliphatic rings. The van der Waals surface area contributed by atoms with Gasteiger partial charge < -0.3 is 25.0 Å². The van der Waals surface area contributed by atoms with Crippen molar-refractivity contribution in [2.45, 2.75) is 19.4 Å². The first-order valence-electron chi connectivity index (χ1n) is 11.6. The van der Waals surface area contributed by atoms with Crippen LogP contribution in [0.1, 0.15) is 23.6 Å². The van der Waals surface area contributed by atoms with Gasteiger partial charge in [0.2, 0.25) is 18.6 Å². The minimum atomic E-state index is -0.765. The molecule has 0 bridgehead atoms. The van der Waals surface area contributed by atoms with E-state index in [-0.39, 0.29) is 25.0 Å². The lowest BCUT2D eigenvalue weighted by atomic mass is 10.0. The number of ether oxygens (including phenoxy) is 2. The fourth-order valence-electron chi connectivity index (χ4n) is 4.15. The summed E-state index contributed by atoms with van der Waals surface area (Å²) in [6.07, 6.45) is 1.89. The van der Waals surface area contributed by atoms with E-state index in [0.717, 1.165) is 28.1 Å². The van der Waals surface area contributed by atoms with E-state index in [2.05, 4.69) is 10.6 Å². The summed E-state index contributed by atoms with van der Waals surface area (Å²) in [6, 6.07) is 22.4. The number of fused-ring (bicyclic) bond motifs is 2. The molecule has 2 aliphatic heterocycles. The van der Waals surface area contributed by atoms with Crippen molar-refractivity contribution >= 4 is 23.2 Å². The lowest BCUT2D eigenvalue weighted by Gasteiger charge is -2.17. The quantitative estimate of drug-likeness (QED) is 0.562. The molecule has 1 atom stereocenters. The Morgan fingerprint density at radius 1 is 1.00 bits per heavy atom. The zero-order valence-electron chi connectivity index (χ0n) is 20.0. The number of carbonyl (C=O) groups is 2. The molecule has 2 heterocycles. The topological polar surface area (TPSA) is 92.3 Å². The maximum Gasteiger partial charge on any atom is 0.247 e. The van der Waals surface area contributed by atoms with Gasteiger partial charge in [0.25, 0.3) is 0 Å². The number of amides is 2. The molecule has 5 rings (SSSR count). The van der Waals surface area contributed by atoms with E-state index in [1.807, 2.05) is 72.6 Å². The molecular weight excluding hydrogens is 456 g/mol. The zero-order chi connectivity index (χ0) is 25.1. The number of carbonyl (C=O) groups excluding carboxylic acids is 2. The van der Waals surface area contributed by atoms with Crippen LogP contribution in [0.15, 0.2) is 89.8 Å². The Bertz CT molecular complexity index is 1370. The highest BCUT2D eigenvalue weighted by Gasteiger charge is 2.22. The summed E-state index contributed by atoms with van der Waals surface area (Å²) in [5.41, 5.74) is 4.38. The van der Waals surface area contributed by atoms with Gasteiger partial charge in [0, 0.05) is 30.1 Å². The average molecular weight is 483 g/mol. The Morgan fingerprint density at radius 3 is 2.58 bits per heavy atom. The summed E-state index contributed by atoms with van der Waals surface area (Å²) in [7, 11) is 1.91. The van der Waals surface area contributed by atoms with Crippen LogP contribution < -0.4 is 25.0 Å². The number of anilines is 1. The third-order valence-electron chi connectivity index (χ3n) is 5.96. The van der Waals surface area contributed by atoms with Crippen LogP contribution in [0.5, 0.6) is 11.5 Å². The van der Waals surface area contributed by atoms with Crippen molar-refractivity contribution in [3.8, 4) is 11.5 Å². The number of nitrogens with zero attached hydrogens (tertiary/aromatic N) is 2. The highest BCUT2D eigenvalue weighted by Crippen LogP contribution is 2.32. The SMILES string of the molecule is C[C@H](NC(=O)Cc1ccc2c(c1)OCO2)C(=O)NC1=CN(C)c2ccccc2C(c2ccccc2)=N1. The number of para-hydroxylation sites is 1. The summed E-state index contributed by atoms with van der Waals surface area (Å²) in [5, 5.41) is 5.63. The molecule has 3 aromatic rings. The van der Waals surface area contributed by atoms with Crippen molar-refractivity contribution in [2.75, 3.05) is 18.7 Å². The summed E-state index contributed by atoms with van der Waals surface area (Å²) in [5.74, 6) is 1.02. The van der Waals surface area contributed by atoms with Crippen LogP contribution in [0.3, 0.4) is 0 Å². The second kappa shape index (κ2) is 9.95. The Morgan fingerprint density at radius 2 is 1.75 bits per heavy atom. The number of hydrogen-bond acceptors (Lipinski definition) is 6. The van der Waals surface area contributed by atoms with Crippen LogP contribution in [0, 0.1) is 0 Å². The highest BCUT2D eigenvalue weighted by atomic mass is 16.7. The van der Waals surface area contributed by atoms with Crippen LogP contribution in [-0.4, -0.2) is 37.4 Å². The molecule has 2 amide bonds. The molecule has 8 heteroatoms. The van der Waals surface area contributed by atoms with Gasteiger partial charge in [-0.3, -0.25) is 9.59 Å². The molecule has 0 spiro atoms. The van der Waals surface area contributed by atoms with Gasteiger partial charge in [-0.2, -0.15) is 0 Å². The lowest BCUT2D eigenvalue weighted by Crippen LogP contribution is -2.45. The standard InChI is InChI=1S/C28H26N4O4/c1-18(29-26(33)15-19-12-13-23-24(14-19)36-17-35-23)28(34)31-25-16-32(2)22-11-7-6-10-21(22)27(30-25)20-8-4-3-5-9-20/h3-14,16,18H,15,17H2,1-2H3,(H,29,33)(H,31,34)/t18-/m0/s1. The van der Waals surface area contributed by atoms with Crippen molar-refractivity contribution < 1.29 is 19.1 Å². The van der Waals surface area contributed by atoms with Crippen LogP contribution in [0.25, 0.3) is 0 Å². The molecule has 0 aromatic heterocycles. The molecule has 0 fully saturated rings. The molecular formula is C28H26N4O4. The molecule has 2 N–H and O–H groups in total. The normalized spacial score (nSPS) is 14.7. The van der Waals surface area contributed by atoms with E-state index in [9.17, 15) is 9.59 Å². The first-order valence-corrected chi connectivity index (χ1v) is 11.6. The molecule has 3 aromatic carbocycles. The second-order valence-electron chi connectivity index (χ2n) is 8.61. The van der Waals surface area contributed by atoms with E-state index < -0.39 is 6.04 Å². The minimum absolute atomic E-state index is 0.116. The molecule has 0 aliphatic carbocycles. The summed E-state index contributed by atoms with van der Waals surface area (Å²) >= 11 is 0. The number of rotatable bonds is 6. The van der Waals surface area contributed by atoms with Crippen molar-refractivity contribution in [1.82, 2.24) is 10.6 Å². The summed E-state index contributed by atoms with van der Waals surface area (Å²) < 4.78 is 10.7. The number of nitrogens with one attached hydrogen (secondary N) is 2. The number of aliphatic imine (C=N–C) groups is 1. The second-order valence-corrected chi connectivity index (χ2v) is 8.61. The molecule has 0 unspecified atom stereocenters. The Hall–Kier alpha value is -4.59. The van der Waals surface area contributed by atoms with Gasteiger partial charge >= 0.3 is 0 Å². The molecule has 36 heavy (non-hydrogen) atoms. The predicted octanol–water partition coefficient (Wildman–Crippen LogP) is 3.37. The summed E-state index contributed by atoms with van der Waals surface area (Å²) in [4.78, 5) is 32.3. The van der Waals surface area contributed by atoms with Gasteiger partial charge in [-0.15, -0.1) is 0 Å². The fourth-order valence-corrected chi connectivity index (χ4v) is 4.15. The maximum absolute atomic E-state index is 13.0. The highest BCUT2D eigenvalue weighted by molar-refractivity contribution is 6.17. The van der Waals surface area contributed by atoms with Gasteiger partial charge in [-0.1, -0.05) is 54.6 Å². The van der Waals surface area contributed by atoms with Crippen LogP contribution in [-0.2, 0) is 16.0 Å².